The molecule has 0 unspecified atom stereocenters. The summed E-state index contributed by atoms with van der Waals surface area (Å²) in [6.45, 7) is 1.51. The number of rotatable bonds is 7. The van der Waals surface area contributed by atoms with E-state index in [2.05, 4.69) is 22.8 Å². The van der Waals surface area contributed by atoms with E-state index < -0.39 is 12.1 Å². The number of fused-ring (bicyclic) bond motifs is 1. The molecule has 1 aromatic heterocycles. The molecular weight excluding hydrogens is 430 g/mol. The van der Waals surface area contributed by atoms with Gasteiger partial charge in [0.05, 0.1) is 6.04 Å². The molecule has 1 aliphatic heterocycles. The molecule has 2 heterocycles. The van der Waals surface area contributed by atoms with Crippen molar-refractivity contribution < 1.29 is 9.59 Å². The normalized spacial score (nSPS) is 15.3. The summed E-state index contributed by atoms with van der Waals surface area (Å²) in [6, 6.07) is 16.6. The molecule has 0 bridgehead atoms. The van der Waals surface area contributed by atoms with Gasteiger partial charge in [-0.2, -0.15) is 0 Å². The van der Waals surface area contributed by atoms with Crippen molar-refractivity contribution in [3.8, 4) is 0 Å². The van der Waals surface area contributed by atoms with Crippen LogP contribution in [0.5, 0.6) is 0 Å². The highest BCUT2D eigenvalue weighted by Crippen LogP contribution is 2.26. The number of benzene rings is 2. The first-order valence-corrected chi connectivity index (χ1v) is 11.3. The van der Waals surface area contributed by atoms with Crippen molar-refractivity contribution >= 4 is 45.6 Å². The Kier molecular flexibility index (Phi) is 8.07. The van der Waals surface area contributed by atoms with Gasteiger partial charge in [-0.15, -0.1) is 23.7 Å². The molecule has 5 nitrogen and oxygen atoms in total. The number of hydrogen-bond acceptors (Lipinski definition) is 4. The molecule has 0 aliphatic carbocycles. The predicted octanol–water partition coefficient (Wildman–Crippen LogP) is 3.54. The summed E-state index contributed by atoms with van der Waals surface area (Å²) >= 11 is 1.66. The van der Waals surface area contributed by atoms with Gasteiger partial charge in [0.2, 0.25) is 11.8 Å². The summed E-state index contributed by atoms with van der Waals surface area (Å²) in [5, 5.41) is 6.15. The average Bonchev–Trinajstić information content (AvgIpc) is 3.44. The predicted molar refractivity (Wildman–Crippen MR) is 129 cm³/mol. The Morgan fingerprint density at radius 1 is 1.00 bits per heavy atom. The fraction of sp³-hybridized carbons (Fsp3) is 0.333. The largest absolute Gasteiger partial charge is 0.343 e. The number of nitrogens with two attached hydrogens (primary N) is 1. The topological polar surface area (TPSA) is 75.4 Å². The third-order valence-corrected chi connectivity index (χ3v) is 6.67. The van der Waals surface area contributed by atoms with Crippen LogP contribution >= 0.6 is 23.7 Å². The van der Waals surface area contributed by atoms with Crippen LogP contribution < -0.4 is 11.1 Å². The Morgan fingerprint density at radius 2 is 1.68 bits per heavy atom. The van der Waals surface area contributed by atoms with Gasteiger partial charge in [-0.1, -0.05) is 48.5 Å². The fourth-order valence-corrected chi connectivity index (χ4v) is 4.98. The van der Waals surface area contributed by atoms with E-state index in [-0.39, 0.29) is 24.2 Å². The third kappa shape index (κ3) is 5.64. The zero-order chi connectivity index (χ0) is 20.9. The molecule has 0 spiro atoms. The lowest BCUT2D eigenvalue weighted by Gasteiger charge is -2.25. The van der Waals surface area contributed by atoms with E-state index in [4.69, 9.17) is 5.73 Å². The monoisotopic (exact) mass is 457 g/mol. The number of carbonyl (C=O) groups excluding carboxylic acids is 2. The van der Waals surface area contributed by atoms with Gasteiger partial charge in [0.1, 0.15) is 6.04 Å². The maximum atomic E-state index is 13.1. The van der Waals surface area contributed by atoms with Crippen LogP contribution in [0.3, 0.4) is 0 Å². The highest BCUT2D eigenvalue weighted by atomic mass is 35.5. The van der Waals surface area contributed by atoms with Gasteiger partial charge >= 0.3 is 0 Å². The summed E-state index contributed by atoms with van der Waals surface area (Å²) in [6.07, 6.45) is 2.95. The van der Waals surface area contributed by atoms with Crippen LogP contribution in [0, 0.1) is 0 Å². The summed E-state index contributed by atoms with van der Waals surface area (Å²) in [5.41, 5.74) is 8.36. The Balaban J connectivity index is 0.00000272. The molecule has 7 heteroatoms. The minimum Gasteiger partial charge on any atom is -0.343 e. The summed E-state index contributed by atoms with van der Waals surface area (Å²) in [7, 11) is 0. The van der Waals surface area contributed by atoms with Crippen LogP contribution in [-0.2, 0) is 22.4 Å². The summed E-state index contributed by atoms with van der Waals surface area (Å²) in [4.78, 5) is 27.8. The van der Waals surface area contributed by atoms with Crippen molar-refractivity contribution in [1.29, 1.82) is 0 Å². The molecular formula is C24H28ClN3O2S. The van der Waals surface area contributed by atoms with E-state index in [1.165, 1.54) is 4.70 Å². The number of nitrogens with one attached hydrogen (secondary N) is 1. The zero-order valence-electron chi connectivity index (χ0n) is 17.3. The molecule has 2 aromatic carbocycles. The fourth-order valence-electron chi connectivity index (χ4n) is 4.01. The molecule has 2 amide bonds. The van der Waals surface area contributed by atoms with Crippen molar-refractivity contribution in [2.45, 2.75) is 37.8 Å². The molecule has 164 valence electrons. The molecule has 3 N–H and O–H groups in total. The molecule has 2 atom stereocenters. The molecule has 1 fully saturated rings. The first-order valence-electron chi connectivity index (χ1n) is 10.5. The van der Waals surface area contributed by atoms with Crippen molar-refractivity contribution in [3.05, 3.63) is 71.1 Å². The Hall–Kier alpha value is -2.41. The number of halogens is 1. The van der Waals surface area contributed by atoms with Gasteiger partial charge in [-0.25, -0.2) is 0 Å². The van der Waals surface area contributed by atoms with E-state index in [0.29, 0.717) is 12.8 Å². The van der Waals surface area contributed by atoms with E-state index in [1.54, 1.807) is 11.3 Å². The Bertz CT molecular complexity index is 1020. The quantitative estimate of drug-likeness (QED) is 0.569. The average molecular weight is 458 g/mol. The van der Waals surface area contributed by atoms with Gasteiger partial charge in [0.15, 0.2) is 0 Å². The summed E-state index contributed by atoms with van der Waals surface area (Å²) < 4.78 is 1.19. The number of hydrogen-bond donors (Lipinski definition) is 2. The lowest BCUT2D eigenvalue weighted by Crippen LogP contribution is -2.53. The van der Waals surface area contributed by atoms with Crippen LogP contribution in [0.1, 0.15) is 24.0 Å². The van der Waals surface area contributed by atoms with E-state index in [1.807, 2.05) is 47.4 Å². The van der Waals surface area contributed by atoms with Crippen molar-refractivity contribution in [3.63, 3.8) is 0 Å². The second-order valence-electron chi connectivity index (χ2n) is 7.85. The van der Waals surface area contributed by atoms with E-state index in [0.717, 1.165) is 42.4 Å². The number of amides is 2. The van der Waals surface area contributed by atoms with Crippen molar-refractivity contribution in [1.82, 2.24) is 10.2 Å². The zero-order valence-corrected chi connectivity index (χ0v) is 19.0. The van der Waals surface area contributed by atoms with Gasteiger partial charge in [0.25, 0.3) is 0 Å². The standard InChI is InChI=1S/C24H27N3O2S.ClH/c25-20(15-18-16-30-22-11-5-4-10-19(18)22)23(28)26-21(14-17-8-2-1-3-9-17)24(29)27-12-6-7-13-27;/h1-5,8-11,16,20-21H,6-7,12-15,25H2,(H,26,28);1H/t20-,21-;/m0./s1. The molecule has 1 aliphatic rings. The smallest absolute Gasteiger partial charge is 0.245 e. The van der Waals surface area contributed by atoms with Crippen LogP contribution in [0.2, 0.25) is 0 Å². The van der Waals surface area contributed by atoms with Crippen LogP contribution in [0.4, 0.5) is 0 Å². The van der Waals surface area contributed by atoms with Crippen molar-refractivity contribution in [2.24, 2.45) is 5.73 Å². The number of nitrogens with zero attached hydrogens (tertiary/aromatic N) is 1. The second-order valence-corrected chi connectivity index (χ2v) is 8.76. The van der Waals surface area contributed by atoms with Crippen LogP contribution in [-0.4, -0.2) is 41.9 Å². The molecule has 4 rings (SSSR count). The highest BCUT2D eigenvalue weighted by molar-refractivity contribution is 7.17. The third-order valence-electron chi connectivity index (χ3n) is 5.65. The minimum atomic E-state index is -0.701. The van der Waals surface area contributed by atoms with Gasteiger partial charge in [-0.05, 0) is 47.2 Å². The highest BCUT2D eigenvalue weighted by Gasteiger charge is 2.29. The molecule has 31 heavy (non-hydrogen) atoms. The van der Waals surface area contributed by atoms with Gasteiger partial charge in [-0.3, -0.25) is 9.59 Å². The summed E-state index contributed by atoms with van der Waals surface area (Å²) in [5.74, 6) is -0.295. The van der Waals surface area contributed by atoms with E-state index >= 15 is 0 Å². The van der Waals surface area contributed by atoms with Gasteiger partial charge < -0.3 is 16.0 Å². The lowest BCUT2D eigenvalue weighted by atomic mass is 10.0. The molecule has 0 radical (unpaired) electrons. The van der Waals surface area contributed by atoms with Crippen LogP contribution in [0.25, 0.3) is 10.1 Å². The second kappa shape index (κ2) is 10.8. The first-order chi connectivity index (χ1) is 14.6. The number of likely N-dealkylation sites (tertiary alicyclic amines) is 1. The van der Waals surface area contributed by atoms with Crippen molar-refractivity contribution in [2.75, 3.05) is 13.1 Å². The van der Waals surface area contributed by atoms with Crippen LogP contribution in [0.15, 0.2) is 60.0 Å². The SMILES string of the molecule is Cl.N[C@@H](Cc1csc2ccccc12)C(=O)N[C@@H](Cc1ccccc1)C(=O)N1CCCC1. The number of thiophene rings is 1. The molecule has 1 saturated heterocycles. The minimum absolute atomic E-state index is 0. The molecule has 3 aromatic rings. The Morgan fingerprint density at radius 3 is 2.42 bits per heavy atom. The Labute approximate surface area is 193 Å². The maximum Gasteiger partial charge on any atom is 0.245 e. The molecule has 0 saturated carbocycles. The maximum absolute atomic E-state index is 13.1. The number of carbonyl (C=O) groups is 2. The lowest BCUT2D eigenvalue weighted by molar-refractivity contribution is -0.135. The first kappa shape index (κ1) is 23.3. The van der Waals surface area contributed by atoms with E-state index in [9.17, 15) is 9.59 Å². The van der Waals surface area contributed by atoms with Gasteiger partial charge in [0, 0.05) is 24.2 Å².